The highest BCUT2D eigenvalue weighted by Gasteiger charge is 2.32. The van der Waals surface area contributed by atoms with Gasteiger partial charge in [0.15, 0.2) is 0 Å². The number of amides is 3. The molecule has 0 bridgehead atoms. The van der Waals surface area contributed by atoms with Crippen molar-refractivity contribution in [1.82, 2.24) is 10.4 Å². The normalized spacial score (nSPS) is 19.3. The number of carbonyl (C=O) groups is 4. The fourth-order valence-electron chi connectivity index (χ4n) is 2.94. The Labute approximate surface area is 175 Å². The quantitative estimate of drug-likeness (QED) is 0.301. The maximum atomic E-state index is 11.8. The Balaban J connectivity index is 1.40. The second-order valence-electron chi connectivity index (χ2n) is 6.95. The molecule has 2 rings (SSSR count). The molecule has 10 nitrogen and oxygen atoms in total. The van der Waals surface area contributed by atoms with E-state index >= 15 is 0 Å². The third kappa shape index (κ3) is 9.36. The summed E-state index contributed by atoms with van der Waals surface area (Å²) in [6.07, 6.45) is 8.55. The molecule has 0 spiro atoms. The minimum absolute atomic E-state index is 0.0438. The number of ether oxygens (including phenoxy) is 3. The smallest absolute Gasteiger partial charge is 0.407 e. The third-order valence-electron chi connectivity index (χ3n) is 4.53. The Morgan fingerprint density at radius 2 is 1.67 bits per heavy atom. The monoisotopic (exact) mass is 426 g/mol. The number of hydroxylamine groups is 2. The van der Waals surface area contributed by atoms with Gasteiger partial charge in [-0.25, -0.2) is 9.59 Å². The summed E-state index contributed by atoms with van der Waals surface area (Å²) in [6.45, 7) is 1.28. The highest BCUT2D eigenvalue weighted by atomic mass is 16.7. The van der Waals surface area contributed by atoms with Gasteiger partial charge in [0.2, 0.25) is 0 Å². The molecule has 2 aliphatic rings. The maximum absolute atomic E-state index is 11.8. The SMILES string of the molecule is O=C(CCOCCOCCNC(=O)OC1CCC=CCCC1)ON1C(=O)CCC1=O. The predicted octanol–water partition coefficient (Wildman–Crippen LogP) is 1.63. The van der Waals surface area contributed by atoms with E-state index in [1.54, 1.807) is 0 Å². The van der Waals surface area contributed by atoms with E-state index in [0.29, 0.717) is 24.8 Å². The van der Waals surface area contributed by atoms with Gasteiger partial charge in [-0.2, -0.15) is 0 Å². The van der Waals surface area contributed by atoms with Crippen molar-refractivity contribution < 1.29 is 38.2 Å². The van der Waals surface area contributed by atoms with E-state index in [0.717, 1.165) is 32.1 Å². The highest BCUT2D eigenvalue weighted by molar-refractivity contribution is 6.01. The Morgan fingerprint density at radius 3 is 2.43 bits per heavy atom. The van der Waals surface area contributed by atoms with Crippen molar-refractivity contribution in [3.8, 4) is 0 Å². The van der Waals surface area contributed by atoms with Crippen LogP contribution in [-0.4, -0.2) is 68.0 Å². The van der Waals surface area contributed by atoms with Crippen molar-refractivity contribution in [3.63, 3.8) is 0 Å². The van der Waals surface area contributed by atoms with Crippen LogP contribution in [0.3, 0.4) is 0 Å². The van der Waals surface area contributed by atoms with E-state index in [1.165, 1.54) is 0 Å². The molecule has 0 saturated carbocycles. The zero-order valence-electron chi connectivity index (χ0n) is 17.1. The molecular weight excluding hydrogens is 396 g/mol. The maximum Gasteiger partial charge on any atom is 0.407 e. The Hall–Kier alpha value is -2.46. The van der Waals surface area contributed by atoms with Gasteiger partial charge in [-0.3, -0.25) is 9.59 Å². The van der Waals surface area contributed by atoms with Crippen LogP contribution in [0.5, 0.6) is 0 Å². The molecule has 1 saturated heterocycles. The lowest BCUT2D eigenvalue weighted by Crippen LogP contribution is -2.32. The summed E-state index contributed by atoms with van der Waals surface area (Å²) in [6, 6.07) is 0. The minimum atomic E-state index is -0.706. The first-order valence-electron chi connectivity index (χ1n) is 10.4. The molecule has 1 fully saturated rings. The molecular formula is C20H30N2O8. The standard InChI is InChI=1S/C20H30N2O8/c23-17-8-9-18(24)22(17)30-19(25)10-12-27-14-15-28-13-11-21-20(26)29-16-6-4-2-1-3-5-7-16/h1-2,16H,3-15H2,(H,21,26). The average molecular weight is 426 g/mol. The molecule has 1 unspecified atom stereocenters. The zero-order chi connectivity index (χ0) is 21.6. The van der Waals surface area contributed by atoms with E-state index in [1.807, 2.05) is 0 Å². The molecule has 10 heteroatoms. The van der Waals surface area contributed by atoms with Gasteiger partial charge in [0.25, 0.3) is 11.8 Å². The van der Waals surface area contributed by atoms with E-state index < -0.39 is 23.9 Å². The summed E-state index contributed by atoms with van der Waals surface area (Å²) in [5.74, 6) is -1.73. The van der Waals surface area contributed by atoms with Crippen molar-refractivity contribution in [2.24, 2.45) is 0 Å². The van der Waals surface area contributed by atoms with Crippen molar-refractivity contribution in [2.75, 3.05) is 33.0 Å². The lowest BCUT2D eigenvalue weighted by Gasteiger charge is -2.18. The molecule has 1 atom stereocenters. The molecule has 168 valence electrons. The lowest BCUT2D eigenvalue weighted by molar-refractivity contribution is -0.198. The minimum Gasteiger partial charge on any atom is -0.446 e. The number of carbonyl (C=O) groups excluding carboxylic acids is 4. The topological polar surface area (TPSA) is 120 Å². The fraction of sp³-hybridized carbons (Fsp3) is 0.700. The van der Waals surface area contributed by atoms with E-state index in [-0.39, 0.29) is 38.6 Å². The second-order valence-corrected chi connectivity index (χ2v) is 6.95. The first-order chi connectivity index (χ1) is 14.6. The molecule has 1 heterocycles. The molecule has 0 aromatic heterocycles. The molecule has 0 aromatic rings. The van der Waals surface area contributed by atoms with Gasteiger partial charge < -0.3 is 24.4 Å². The van der Waals surface area contributed by atoms with Crippen LogP contribution in [0.1, 0.15) is 51.4 Å². The van der Waals surface area contributed by atoms with Crippen molar-refractivity contribution in [3.05, 3.63) is 12.2 Å². The largest absolute Gasteiger partial charge is 0.446 e. The fourth-order valence-corrected chi connectivity index (χ4v) is 2.94. The second kappa shape index (κ2) is 13.7. The van der Waals surface area contributed by atoms with Crippen LogP contribution in [0.4, 0.5) is 4.79 Å². The summed E-state index contributed by atoms with van der Waals surface area (Å²) < 4.78 is 16.0. The van der Waals surface area contributed by atoms with Crippen LogP contribution in [-0.2, 0) is 33.4 Å². The van der Waals surface area contributed by atoms with E-state index in [4.69, 9.17) is 19.0 Å². The number of allylic oxidation sites excluding steroid dienone is 2. The number of imide groups is 1. The van der Waals surface area contributed by atoms with Crippen LogP contribution < -0.4 is 5.32 Å². The predicted molar refractivity (Wildman–Crippen MR) is 104 cm³/mol. The number of hydrogen-bond acceptors (Lipinski definition) is 8. The number of nitrogens with zero attached hydrogens (tertiary/aromatic N) is 1. The molecule has 1 N–H and O–H groups in total. The number of rotatable bonds is 11. The van der Waals surface area contributed by atoms with Gasteiger partial charge in [-0.1, -0.05) is 12.2 Å². The third-order valence-corrected chi connectivity index (χ3v) is 4.53. The van der Waals surface area contributed by atoms with Gasteiger partial charge in [-0.05, 0) is 32.1 Å². The van der Waals surface area contributed by atoms with Crippen molar-refractivity contribution in [2.45, 2.75) is 57.5 Å². The van der Waals surface area contributed by atoms with Gasteiger partial charge in [0.1, 0.15) is 6.10 Å². The Bertz CT molecular complexity index is 606. The van der Waals surface area contributed by atoms with Gasteiger partial charge in [-0.15, -0.1) is 5.06 Å². The lowest BCUT2D eigenvalue weighted by atomic mass is 10.0. The number of nitrogens with one attached hydrogen (secondary N) is 1. The molecule has 3 amide bonds. The van der Waals surface area contributed by atoms with E-state index in [9.17, 15) is 19.2 Å². The summed E-state index contributed by atoms with van der Waals surface area (Å²) in [4.78, 5) is 50.7. The Kier molecular flexibility index (Phi) is 10.9. The molecule has 1 aliphatic carbocycles. The van der Waals surface area contributed by atoms with Gasteiger partial charge >= 0.3 is 12.1 Å². The van der Waals surface area contributed by atoms with Crippen molar-refractivity contribution in [1.29, 1.82) is 0 Å². The van der Waals surface area contributed by atoms with Crippen molar-refractivity contribution >= 4 is 23.9 Å². The summed E-state index contributed by atoms with van der Waals surface area (Å²) in [5, 5.41) is 3.17. The first-order valence-corrected chi connectivity index (χ1v) is 10.4. The number of hydrogen-bond donors (Lipinski definition) is 1. The van der Waals surface area contributed by atoms with Crippen LogP contribution in [0.25, 0.3) is 0 Å². The van der Waals surface area contributed by atoms with Gasteiger partial charge in [0.05, 0.1) is 32.8 Å². The summed E-state index contributed by atoms with van der Waals surface area (Å²) >= 11 is 0. The van der Waals surface area contributed by atoms with Crippen LogP contribution >= 0.6 is 0 Å². The molecule has 0 radical (unpaired) electrons. The summed E-state index contributed by atoms with van der Waals surface area (Å²) in [5.41, 5.74) is 0. The van der Waals surface area contributed by atoms with Crippen LogP contribution in [0, 0.1) is 0 Å². The first kappa shape index (κ1) is 23.8. The molecule has 30 heavy (non-hydrogen) atoms. The molecule has 1 aliphatic heterocycles. The Morgan fingerprint density at radius 1 is 0.967 bits per heavy atom. The van der Waals surface area contributed by atoms with Gasteiger partial charge in [0, 0.05) is 19.4 Å². The average Bonchev–Trinajstić information content (AvgIpc) is 3.00. The van der Waals surface area contributed by atoms with Crippen LogP contribution in [0.2, 0.25) is 0 Å². The zero-order valence-corrected chi connectivity index (χ0v) is 17.1. The highest BCUT2D eigenvalue weighted by Crippen LogP contribution is 2.15. The van der Waals surface area contributed by atoms with Crippen LogP contribution in [0.15, 0.2) is 12.2 Å². The van der Waals surface area contributed by atoms with E-state index in [2.05, 4.69) is 17.5 Å². The summed E-state index contributed by atoms with van der Waals surface area (Å²) in [7, 11) is 0. The molecule has 0 aromatic carbocycles. The number of alkyl carbamates (subject to hydrolysis) is 1.